The van der Waals surface area contributed by atoms with Gasteiger partial charge in [0.25, 0.3) is 5.91 Å². The molecule has 0 aliphatic carbocycles. The molecule has 1 aliphatic heterocycles. The van der Waals surface area contributed by atoms with Crippen LogP contribution >= 0.6 is 0 Å². The van der Waals surface area contributed by atoms with Crippen molar-refractivity contribution in [3.05, 3.63) is 59.9 Å². The Labute approximate surface area is 142 Å². The number of hydrogen-bond donors (Lipinski definition) is 1. The van der Waals surface area contributed by atoms with Crippen LogP contribution in [0, 0.1) is 0 Å². The van der Waals surface area contributed by atoms with E-state index in [1.165, 1.54) is 0 Å². The van der Waals surface area contributed by atoms with E-state index in [9.17, 15) is 4.79 Å². The molecule has 1 N–H and O–H groups in total. The van der Waals surface area contributed by atoms with E-state index >= 15 is 0 Å². The Morgan fingerprint density at radius 1 is 1.04 bits per heavy atom. The molecule has 24 heavy (non-hydrogen) atoms. The van der Waals surface area contributed by atoms with Crippen molar-refractivity contribution in [1.82, 2.24) is 15.2 Å². The Morgan fingerprint density at radius 2 is 1.67 bits per heavy atom. The largest absolute Gasteiger partial charge is 0.484 e. The van der Waals surface area contributed by atoms with Gasteiger partial charge >= 0.3 is 0 Å². The molecule has 1 aliphatic rings. The minimum atomic E-state index is 0.0400. The third-order valence-corrected chi connectivity index (χ3v) is 3.89. The Hall–Kier alpha value is -2.66. The lowest BCUT2D eigenvalue weighted by Gasteiger charge is -2.27. The molecule has 2 heterocycles. The second-order valence-corrected chi connectivity index (χ2v) is 5.60. The quantitative estimate of drug-likeness (QED) is 0.915. The molecular formula is C19H21N3O2. The summed E-state index contributed by atoms with van der Waals surface area (Å²) in [5.41, 5.74) is 2.18. The topological polar surface area (TPSA) is 54.5 Å². The van der Waals surface area contributed by atoms with Crippen molar-refractivity contribution in [2.75, 3.05) is 32.8 Å². The molecule has 5 heteroatoms. The Bertz CT molecular complexity index is 678. The highest BCUT2D eigenvalue weighted by molar-refractivity contribution is 5.78. The lowest BCUT2D eigenvalue weighted by molar-refractivity contribution is -0.133. The molecular weight excluding hydrogens is 302 g/mol. The minimum Gasteiger partial charge on any atom is -0.484 e. The molecule has 0 saturated carbocycles. The van der Waals surface area contributed by atoms with Gasteiger partial charge in [0.05, 0.1) is 0 Å². The van der Waals surface area contributed by atoms with E-state index in [0.717, 1.165) is 37.3 Å². The molecule has 0 spiro atoms. The van der Waals surface area contributed by atoms with Crippen molar-refractivity contribution in [2.45, 2.75) is 0 Å². The standard InChI is InChI=1S/C19H21N3O2/c23-19(22-13-11-21-12-14-22)15-24-18-5-3-16(4-6-18)1-2-17-7-9-20-10-8-17/h1-10,21H,11-15H2/b2-1+. The van der Waals surface area contributed by atoms with Gasteiger partial charge in [-0.2, -0.15) is 0 Å². The van der Waals surface area contributed by atoms with Crippen molar-refractivity contribution in [1.29, 1.82) is 0 Å². The second-order valence-electron chi connectivity index (χ2n) is 5.60. The Morgan fingerprint density at radius 3 is 2.33 bits per heavy atom. The molecule has 1 aromatic carbocycles. The Balaban J connectivity index is 1.51. The van der Waals surface area contributed by atoms with E-state index in [1.54, 1.807) is 12.4 Å². The third kappa shape index (κ3) is 4.67. The maximum atomic E-state index is 12.1. The highest BCUT2D eigenvalue weighted by atomic mass is 16.5. The van der Waals surface area contributed by atoms with Crippen LogP contribution in [0.3, 0.4) is 0 Å². The van der Waals surface area contributed by atoms with Gasteiger partial charge in [-0.3, -0.25) is 9.78 Å². The summed E-state index contributed by atoms with van der Waals surface area (Å²) in [6.07, 6.45) is 7.61. The number of hydrogen-bond acceptors (Lipinski definition) is 4. The fraction of sp³-hybridized carbons (Fsp3) is 0.263. The molecule has 1 saturated heterocycles. The lowest BCUT2D eigenvalue weighted by Crippen LogP contribution is -2.47. The van der Waals surface area contributed by atoms with E-state index in [-0.39, 0.29) is 12.5 Å². The molecule has 1 amide bonds. The summed E-state index contributed by atoms with van der Waals surface area (Å²) < 4.78 is 5.59. The van der Waals surface area contributed by atoms with Crippen LogP contribution in [-0.4, -0.2) is 48.6 Å². The summed E-state index contributed by atoms with van der Waals surface area (Å²) in [5, 5.41) is 3.23. The van der Waals surface area contributed by atoms with Gasteiger partial charge in [0.15, 0.2) is 6.61 Å². The van der Waals surface area contributed by atoms with E-state index in [0.29, 0.717) is 5.75 Å². The fourth-order valence-electron chi connectivity index (χ4n) is 2.49. The highest BCUT2D eigenvalue weighted by Crippen LogP contribution is 2.14. The van der Waals surface area contributed by atoms with Crippen LogP contribution in [0.15, 0.2) is 48.8 Å². The van der Waals surface area contributed by atoms with Gasteiger partial charge < -0.3 is 15.0 Å². The summed E-state index contributed by atoms with van der Waals surface area (Å²) >= 11 is 0. The average Bonchev–Trinajstić information content (AvgIpc) is 2.67. The maximum Gasteiger partial charge on any atom is 0.260 e. The number of nitrogens with zero attached hydrogens (tertiary/aromatic N) is 2. The van der Waals surface area contributed by atoms with Gasteiger partial charge in [-0.25, -0.2) is 0 Å². The number of benzene rings is 1. The zero-order valence-corrected chi connectivity index (χ0v) is 13.5. The zero-order valence-electron chi connectivity index (χ0n) is 13.5. The lowest BCUT2D eigenvalue weighted by atomic mass is 10.1. The summed E-state index contributed by atoms with van der Waals surface area (Å²) in [6, 6.07) is 11.6. The maximum absolute atomic E-state index is 12.1. The van der Waals surface area contributed by atoms with Crippen LogP contribution in [-0.2, 0) is 4.79 Å². The van der Waals surface area contributed by atoms with Crippen LogP contribution in [0.1, 0.15) is 11.1 Å². The van der Waals surface area contributed by atoms with Crippen molar-refractivity contribution in [3.8, 4) is 5.75 Å². The summed E-state index contributed by atoms with van der Waals surface area (Å²) in [4.78, 5) is 17.9. The van der Waals surface area contributed by atoms with Gasteiger partial charge in [0.2, 0.25) is 0 Å². The zero-order chi connectivity index (χ0) is 16.6. The first kappa shape index (κ1) is 16.2. The number of carbonyl (C=O) groups excluding carboxylic acids is 1. The number of amides is 1. The SMILES string of the molecule is O=C(COc1ccc(/C=C/c2ccncc2)cc1)N1CCNCC1. The van der Waals surface area contributed by atoms with Gasteiger partial charge in [0, 0.05) is 38.6 Å². The number of piperazine rings is 1. The van der Waals surface area contributed by atoms with E-state index < -0.39 is 0 Å². The number of rotatable bonds is 5. The predicted octanol–water partition coefficient (Wildman–Crippen LogP) is 2.06. The molecule has 124 valence electrons. The van der Waals surface area contributed by atoms with Crippen LogP contribution < -0.4 is 10.1 Å². The second kappa shape index (κ2) is 8.26. The van der Waals surface area contributed by atoms with Gasteiger partial charge in [0.1, 0.15) is 5.75 Å². The van der Waals surface area contributed by atoms with Crippen LogP contribution in [0.25, 0.3) is 12.2 Å². The first-order chi connectivity index (χ1) is 11.8. The predicted molar refractivity (Wildman–Crippen MR) is 94.6 cm³/mol. The number of aromatic nitrogens is 1. The molecule has 3 rings (SSSR count). The van der Waals surface area contributed by atoms with Gasteiger partial charge in [-0.05, 0) is 35.4 Å². The van der Waals surface area contributed by atoms with Crippen molar-refractivity contribution >= 4 is 18.1 Å². The van der Waals surface area contributed by atoms with Gasteiger partial charge in [-0.15, -0.1) is 0 Å². The normalized spacial score (nSPS) is 14.8. The molecule has 2 aromatic rings. The molecule has 1 aromatic heterocycles. The molecule has 0 radical (unpaired) electrons. The number of ether oxygens (including phenoxy) is 1. The Kier molecular flexibility index (Phi) is 5.58. The first-order valence-electron chi connectivity index (χ1n) is 8.11. The monoisotopic (exact) mass is 323 g/mol. The fourth-order valence-corrected chi connectivity index (χ4v) is 2.49. The molecule has 0 bridgehead atoms. The molecule has 0 atom stereocenters. The molecule has 0 unspecified atom stereocenters. The van der Waals surface area contributed by atoms with E-state index in [4.69, 9.17) is 4.74 Å². The minimum absolute atomic E-state index is 0.0400. The van der Waals surface area contributed by atoms with Crippen molar-refractivity contribution in [2.24, 2.45) is 0 Å². The van der Waals surface area contributed by atoms with E-state index in [1.807, 2.05) is 53.5 Å². The van der Waals surface area contributed by atoms with E-state index in [2.05, 4.69) is 10.3 Å². The number of carbonyl (C=O) groups is 1. The number of pyridine rings is 1. The van der Waals surface area contributed by atoms with Gasteiger partial charge in [-0.1, -0.05) is 24.3 Å². The average molecular weight is 323 g/mol. The summed E-state index contributed by atoms with van der Waals surface area (Å²) in [7, 11) is 0. The summed E-state index contributed by atoms with van der Waals surface area (Å²) in [6.45, 7) is 3.29. The van der Waals surface area contributed by atoms with Crippen molar-refractivity contribution in [3.63, 3.8) is 0 Å². The van der Waals surface area contributed by atoms with Crippen LogP contribution in [0.4, 0.5) is 0 Å². The van der Waals surface area contributed by atoms with Crippen LogP contribution in [0.2, 0.25) is 0 Å². The summed E-state index contributed by atoms with van der Waals surface area (Å²) in [5.74, 6) is 0.748. The first-order valence-corrected chi connectivity index (χ1v) is 8.11. The molecule has 1 fully saturated rings. The van der Waals surface area contributed by atoms with Crippen LogP contribution in [0.5, 0.6) is 5.75 Å². The molecule has 5 nitrogen and oxygen atoms in total. The number of nitrogens with one attached hydrogen (secondary N) is 1. The third-order valence-electron chi connectivity index (χ3n) is 3.89. The smallest absolute Gasteiger partial charge is 0.260 e. The van der Waals surface area contributed by atoms with Crippen molar-refractivity contribution < 1.29 is 9.53 Å². The highest BCUT2D eigenvalue weighted by Gasteiger charge is 2.16.